The van der Waals surface area contributed by atoms with Gasteiger partial charge in [0.05, 0.1) is 6.04 Å². The Balaban J connectivity index is 1.48. The van der Waals surface area contributed by atoms with E-state index in [1.807, 2.05) is 30.3 Å². The molecule has 6 heteroatoms. The van der Waals surface area contributed by atoms with E-state index in [2.05, 4.69) is 12.2 Å². The van der Waals surface area contributed by atoms with E-state index in [9.17, 15) is 4.79 Å². The van der Waals surface area contributed by atoms with E-state index in [0.717, 1.165) is 24.2 Å². The van der Waals surface area contributed by atoms with E-state index in [0.29, 0.717) is 30.5 Å². The lowest BCUT2D eigenvalue weighted by molar-refractivity contribution is -0.137. The van der Waals surface area contributed by atoms with Crippen LogP contribution in [0.4, 0.5) is 0 Å². The van der Waals surface area contributed by atoms with Crippen molar-refractivity contribution in [2.24, 2.45) is 0 Å². The highest BCUT2D eigenvalue weighted by Gasteiger charge is 2.32. The summed E-state index contributed by atoms with van der Waals surface area (Å²) in [6, 6.07) is 12.9. The van der Waals surface area contributed by atoms with E-state index in [4.69, 9.17) is 18.9 Å². The lowest BCUT2D eigenvalue weighted by atomic mass is 10.0. The van der Waals surface area contributed by atoms with Crippen LogP contribution in [0.1, 0.15) is 31.4 Å². The highest BCUT2D eigenvalue weighted by molar-refractivity contribution is 5.81. The number of amides is 1. The maximum absolute atomic E-state index is 12.6. The van der Waals surface area contributed by atoms with Crippen molar-refractivity contribution in [3.05, 3.63) is 48.0 Å². The van der Waals surface area contributed by atoms with Crippen molar-refractivity contribution in [2.45, 2.75) is 32.1 Å². The second-order valence-corrected chi connectivity index (χ2v) is 6.27. The molecule has 26 heavy (non-hydrogen) atoms. The number of hydrogen-bond acceptors (Lipinski definition) is 5. The first-order chi connectivity index (χ1) is 12.7. The van der Waals surface area contributed by atoms with Crippen LogP contribution in [0.25, 0.3) is 0 Å². The van der Waals surface area contributed by atoms with E-state index < -0.39 is 6.29 Å². The zero-order chi connectivity index (χ0) is 17.9. The van der Waals surface area contributed by atoms with Crippen molar-refractivity contribution < 1.29 is 23.7 Å². The second kappa shape index (κ2) is 7.15. The summed E-state index contributed by atoms with van der Waals surface area (Å²) in [4.78, 5) is 12.6. The molecule has 0 spiro atoms. The fourth-order valence-corrected chi connectivity index (χ4v) is 3.13. The molecule has 0 bridgehead atoms. The van der Waals surface area contributed by atoms with E-state index in [1.165, 1.54) is 0 Å². The molecule has 6 nitrogen and oxygen atoms in total. The van der Waals surface area contributed by atoms with Gasteiger partial charge in [0, 0.05) is 0 Å². The summed E-state index contributed by atoms with van der Waals surface area (Å²) in [5.74, 6) is 2.32. The molecular weight excluding hydrogens is 334 g/mol. The first-order valence-electron chi connectivity index (χ1n) is 8.87. The van der Waals surface area contributed by atoms with E-state index >= 15 is 0 Å². The van der Waals surface area contributed by atoms with Crippen LogP contribution in [0.15, 0.2) is 42.5 Å². The Kier molecular flexibility index (Phi) is 4.56. The van der Waals surface area contributed by atoms with Crippen molar-refractivity contribution in [3.8, 4) is 23.0 Å². The third kappa shape index (κ3) is 3.27. The summed E-state index contributed by atoms with van der Waals surface area (Å²) in [6.45, 7) is 3.16. The minimum Gasteiger partial charge on any atom is -0.486 e. The van der Waals surface area contributed by atoms with Gasteiger partial charge in [-0.1, -0.05) is 31.5 Å². The molecule has 4 rings (SSSR count). The van der Waals surface area contributed by atoms with Gasteiger partial charge in [-0.3, -0.25) is 4.79 Å². The lowest BCUT2D eigenvalue weighted by Gasteiger charge is -2.23. The Morgan fingerprint density at radius 3 is 2.42 bits per heavy atom. The molecule has 1 amide bonds. The fourth-order valence-electron chi connectivity index (χ4n) is 3.13. The molecule has 2 aliphatic rings. The van der Waals surface area contributed by atoms with Crippen LogP contribution < -0.4 is 24.3 Å². The maximum Gasteiger partial charge on any atom is 0.321 e. The molecule has 136 valence electrons. The molecule has 0 aromatic heterocycles. The summed E-state index contributed by atoms with van der Waals surface area (Å²) in [7, 11) is 0. The van der Waals surface area contributed by atoms with Crippen LogP contribution in [0.2, 0.25) is 0 Å². The van der Waals surface area contributed by atoms with Crippen LogP contribution in [-0.4, -0.2) is 25.4 Å². The molecular formula is C20H21NO5. The smallest absolute Gasteiger partial charge is 0.321 e. The molecule has 2 aromatic carbocycles. The van der Waals surface area contributed by atoms with Gasteiger partial charge in [0.1, 0.15) is 13.2 Å². The van der Waals surface area contributed by atoms with Crippen LogP contribution >= 0.6 is 0 Å². The van der Waals surface area contributed by atoms with Gasteiger partial charge in [0.25, 0.3) is 0 Å². The second-order valence-electron chi connectivity index (χ2n) is 6.27. The molecule has 0 aliphatic carbocycles. The van der Waals surface area contributed by atoms with Crippen LogP contribution in [0, 0.1) is 0 Å². The third-order valence-electron chi connectivity index (χ3n) is 4.39. The number of para-hydroxylation sites is 2. The number of rotatable bonds is 5. The zero-order valence-corrected chi connectivity index (χ0v) is 14.6. The normalized spacial score (nSPS) is 16.2. The molecule has 2 aliphatic heterocycles. The Bertz CT molecular complexity index is 782. The summed E-state index contributed by atoms with van der Waals surface area (Å²) >= 11 is 0. The minimum absolute atomic E-state index is 0.153. The summed E-state index contributed by atoms with van der Waals surface area (Å²) in [5, 5.41) is 3.03. The largest absolute Gasteiger partial charge is 0.486 e. The first kappa shape index (κ1) is 16.6. The van der Waals surface area contributed by atoms with Crippen molar-refractivity contribution in [1.29, 1.82) is 0 Å². The number of carbonyl (C=O) groups is 1. The monoisotopic (exact) mass is 355 g/mol. The van der Waals surface area contributed by atoms with Gasteiger partial charge >= 0.3 is 12.2 Å². The predicted molar refractivity (Wildman–Crippen MR) is 94.7 cm³/mol. The van der Waals surface area contributed by atoms with Crippen LogP contribution in [0.5, 0.6) is 23.0 Å². The van der Waals surface area contributed by atoms with Gasteiger partial charge < -0.3 is 24.3 Å². The third-order valence-corrected chi connectivity index (χ3v) is 4.39. The van der Waals surface area contributed by atoms with Crippen molar-refractivity contribution in [2.75, 3.05) is 13.2 Å². The van der Waals surface area contributed by atoms with Crippen molar-refractivity contribution in [1.82, 2.24) is 5.32 Å². The van der Waals surface area contributed by atoms with Crippen LogP contribution in [0.3, 0.4) is 0 Å². The van der Waals surface area contributed by atoms with Crippen molar-refractivity contribution in [3.63, 3.8) is 0 Å². The van der Waals surface area contributed by atoms with E-state index in [1.54, 1.807) is 12.1 Å². The SMILES string of the molecule is CCC[C@H](NC(=O)C1Oc2ccccc2O1)c1ccc2c(c1)OCCO2. The standard InChI is InChI=1S/C20H21NO5/c1-2-5-14(13-8-9-15-18(12-13)24-11-10-23-15)21-19(22)20-25-16-6-3-4-7-17(16)26-20/h3-4,6-9,12,14,20H,2,5,10-11H2,1H3,(H,21,22)/t14-/m0/s1. The Morgan fingerprint density at radius 1 is 1.04 bits per heavy atom. The van der Waals surface area contributed by atoms with Crippen LogP contribution in [-0.2, 0) is 4.79 Å². The van der Waals surface area contributed by atoms with E-state index in [-0.39, 0.29) is 11.9 Å². The first-order valence-corrected chi connectivity index (χ1v) is 8.87. The van der Waals surface area contributed by atoms with Gasteiger partial charge in [0.2, 0.25) is 0 Å². The van der Waals surface area contributed by atoms with Crippen molar-refractivity contribution >= 4 is 5.91 Å². The maximum atomic E-state index is 12.6. The molecule has 2 aromatic rings. The molecule has 0 radical (unpaired) electrons. The summed E-state index contributed by atoms with van der Waals surface area (Å²) in [5.41, 5.74) is 0.972. The zero-order valence-electron chi connectivity index (χ0n) is 14.6. The highest BCUT2D eigenvalue weighted by Crippen LogP contribution is 2.35. The quantitative estimate of drug-likeness (QED) is 0.892. The molecule has 0 unspecified atom stereocenters. The minimum atomic E-state index is -0.969. The average molecular weight is 355 g/mol. The molecule has 2 heterocycles. The number of nitrogens with one attached hydrogen (secondary N) is 1. The Labute approximate surface area is 152 Å². The summed E-state index contributed by atoms with van der Waals surface area (Å²) < 4.78 is 22.4. The summed E-state index contributed by atoms with van der Waals surface area (Å²) in [6.07, 6.45) is 0.751. The fraction of sp³-hybridized carbons (Fsp3) is 0.350. The lowest BCUT2D eigenvalue weighted by Crippen LogP contribution is -2.41. The van der Waals surface area contributed by atoms with Gasteiger partial charge in [-0.25, -0.2) is 0 Å². The van der Waals surface area contributed by atoms with Gasteiger partial charge in [-0.15, -0.1) is 0 Å². The topological polar surface area (TPSA) is 66.0 Å². The number of benzene rings is 2. The molecule has 1 N–H and O–H groups in total. The van der Waals surface area contributed by atoms with Gasteiger partial charge in [0.15, 0.2) is 23.0 Å². The molecule has 0 saturated heterocycles. The average Bonchev–Trinajstić information content (AvgIpc) is 3.11. The molecule has 0 fully saturated rings. The Morgan fingerprint density at radius 2 is 1.73 bits per heavy atom. The number of fused-ring (bicyclic) bond motifs is 2. The Hall–Kier alpha value is -2.89. The molecule has 0 saturated carbocycles. The van der Waals surface area contributed by atoms with Gasteiger partial charge in [-0.2, -0.15) is 0 Å². The predicted octanol–water partition coefficient (Wildman–Crippen LogP) is 3.21. The number of hydrogen-bond donors (Lipinski definition) is 1. The van der Waals surface area contributed by atoms with Gasteiger partial charge in [-0.05, 0) is 36.2 Å². The molecule has 1 atom stereocenters. The number of ether oxygens (including phenoxy) is 4. The highest BCUT2D eigenvalue weighted by atomic mass is 16.7. The number of carbonyl (C=O) groups excluding carboxylic acids is 1.